The molecule has 27 heavy (non-hydrogen) atoms. The fourth-order valence-electron chi connectivity index (χ4n) is 2.02. The number of carbonyl (C=O) groups is 1. The number of carbonyl (C=O) groups excluding carboxylic acids is 1. The normalized spacial score (nSPS) is 11.0. The molecular formula is C16H12FN3O6S. The lowest BCUT2D eigenvalue weighted by Crippen LogP contribution is -2.34. The summed E-state index contributed by atoms with van der Waals surface area (Å²) in [4.78, 5) is 21.8. The summed E-state index contributed by atoms with van der Waals surface area (Å²) >= 11 is 0. The summed E-state index contributed by atoms with van der Waals surface area (Å²) in [6.07, 6.45) is 0. The molecule has 0 saturated carbocycles. The minimum Gasteiger partial charge on any atom is -0.418 e. The second-order valence-electron chi connectivity index (χ2n) is 5.24. The fraction of sp³-hybridized carbons (Fsp3) is 0.125. The molecule has 0 radical (unpaired) electrons. The van der Waals surface area contributed by atoms with Crippen LogP contribution >= 0.6 is 0 Å². The van der Waals surface area contributed by atoms with Gasteiger partial charge in [-0.05, 0) is 30.3 Å². The first-order chi connectivity index (χ1) is 12.6. The molecule has 0 aliphatic carbocycles. The van der Waals surface area contributed by atoms with Gasteiger partial charge in [-0.2, -0.15) is 9.57 Å². The number of hydrogen-bond acceptors (Lipinski definition) is 7. The van der Waals surface area contributed by atoms with Crippen molar-refractivity contribution in [1.82, 2.24) is 4.31 Å². The van der Waals surface area contributed by atoms with Crippen LogP contribution in [0.3, 0.4) is 0 Å². The smallest absolute Gasteiger partial charge is 0.326 e. The summed E-state index contributed by atoms with van der Waals surface area (Å²) in [7, 11) is -2.96. The van der Waals surface area contributed by atoms with E-state index in [-0.39, 0.29) is 10.5 Å². The van der Waals surface area contributed by atoms with Crippen LogP contribution < -0.4 is 4.74 Å². The third-order valence-corrected chi connectivity index (χ3v) is 5.20. The van der Waals surface area contributed by atoms with Gasteiger partial charge in [-0.25, -0.2) is 12.8 Å². The first kappa shape index (κ1) is 20.0. The average molecular weight is 393 g/mol. The lowest BCUT2D eigenvalue weighted by Gasteiger charge is -2.16. The largest absolute Gasteiger partial charge is 0.418 e. The standard InChI is InChI=1S/C16H12FN3O6S/c1-19(27(24,25)13-5-2-11(9-18)3-6-13)10-16(21)26-15-8-12(17)4-7-14(15)20(22)23/h2-8H,10H2,1H3. The maximum absolute atomic E-state index is 13.3. The molecule has 0 amide bonds. The summed E-state index contributed by atoms with van der Waals surface area (Å²) in [5, 5.41) is 19.6. The fourth-order valence-corrected chi connectivity index (χ4v) is 3.14. The van der Waals surface area contributed by atoms with Gasteiger partial charge < -0.3 is 4.74 Å². The molecule has 2 rings (SSSR count). The van der Waals surface area contributed by atoms with Crippen molar-refractivity contribution in [1.29, 1.82) is 5.26 Å². The number of benzene rings is 2. The van der Waals surface area contributed by atoms with Gasteiger partial charge in [-0.1, -0.05) is 0 Å². The Bertz CT molecular complexity index is 1030. The zero-order valence-electron chi connectivity index (χ0n) is 13.8. The molecule has 2 aromatic rings. The van der Waals surface area contributed by atoms with Crippen LogP contribution in [-0.2, 0) is 14.8 Å². The number of nitro groups is 1. The Morgan fingerprint density at radius 1 is 1.30 bits per heavy atom. The number of esters is 1. The van der Waals surface area contributed by atoms with Crippen LogP contribution in [0.1, 0.15) is 5.56 Å². The van der Waals surface area contributed by atoms with E-state index in [2.05, 4.69) is 0 Å². The number of halogens is 1. The molecule has 140 valence electrons. The topological polar surface area (TPSA) is 131 Å². The van der Waals surface area contributed by atoms with Crippen LogP contribution in [0.2, 0.25) is 0 Å². The second-order valence-corrected chi connectivity index (χ2v) is 7.29. The third kappa shape index (κ3) is 4.63. The summed E-state index contributed by atoms with van der Waals surface area (Å²) < 4.78 is 43.5. The van der Waals surface area contributed by atoms with E-state index in [1.54, 1.807) is 0 Å². The van der Waals surface area contributed by atoms with Gasteiger partial charge in [0.15, 0.2) is 0 Å². The minimum absolute atomic E-state index is 0.159. The highest BCUT2D eigenvalue weighted by atomic mass is 32.2. The Morgan fingerprint density at radius 2 is 1.93 bits per heavy atom. The van der Waals surface area contributed by atoms with Crippen molar-refractivity contribution in [2.45, 2.75) is 4.90 Å². The molecule has 0 atom stereocenters. The van der Waals surface area contributed by atoms with Gasteiger partial charge >= 0.3 is 11.7 Å². The Hall–Kier alpha value is -3.36. The van der Waals surface area contributed by atoms with Crippen LogP contribution in [-0.4, -0.2) is 37.2 Å². The summed E-state index contributed by atoms with van der Waals surface area (Å²) in [6.45, 7) is -0.768. The predicted octanol–water partition coefficient (Wildman–Crippen LogP) is 1.83. The van der Waals surface area contributed by atoms with Gasteiger partial charge in [0.25, 0.3) is 0 Å². The van der Waals surface area contributed by atoms with Crippen molar-refractivity contribution in [3.05, 3.63) is 64.0 Å². The van der Waals surface area contributed by atoms with Crippen molar-refractivity contribution >= 4 is 21.7 Å². The summed E-state index contributed by atoms with van der Waals surface area (Å²) in [6, 6.07) is 9.17. The van der Waals surface area contributed by atoms with E-state index in [9.17, 15) is 27.7 Å². The maximum atomic E-state index is 13.3. The molecule has 9 nitrogen and oxygen atoms in total. The van der Waals surface area contributed by atoms with E-state index >= 15 is 0 Å². The highest BCUT2D eigenvalue weighted by Crippen LogP contribution is 2.27. The number of ether oxygens (including phenoxy) is 1. The highest BCUT2D eigenvalue weighted by molar-refractivity contribution is 7.89. The molecule has 0 heterocycles. The minimum atomic E-state index is -4.07. The first-order valence-electron chi connectivity index (χ1n) is 7.26. The van der Waals surface area contributed by atoms with Crippen LogP contribution in [0, 0.1) is 27.3 Å². The first-order valence-corrected chi connectivity index (χ1v) is 8.70. The van der Waals surface area contributed by atoms with E-state index in [0.29, 0.717) is 10.4 Å². The maximum Gasteiger partial charge on any atom is 0.326 e. The van der Waals surface area contributed by atoms with Gasteiger partial charge in [-0.3, -0.25) is 14.9 Å². The summed E-state index contributed by atoms with van der Waals surface area (Å²) in [5.41, 5.74) is -0.378. The zero-order valence-corrected chi connectivity index (χ0v) is 14.6. The van der Waals surface area contributed by atoms with Crippen molar-refractivity contribution in [2.24, 2.45) is 0 Å². The third-order valence-electron chi connectivity index (χ3n) is 3.39. The molecule has 0 aliphatic heterocycles. The molecule has 0 unspecified atom stereocenters. The number of likely N-dealkylation sites (N-methyl/N-ethyl adjacent to an activating group) is 1. The average Bonchev–Trinajstić information content (AvgIpc) is 2.61. The number of nitrogens with zero attached hydrogens (tertiary/aromatic N) is 3. The molecule has 0 fully saturated rings. The van der Waals surface area contributed by atoms with Gasteiger partial charge in [0.1, 0.15) is 12.4 Å². The van der Waals surface area contributed by atoms with Crippen molar-refractivity contribution < 1.29 is 27.3 Å². The Kier molecular flexibility index (Phi) is 5.84. The number of nitro benzene ring substituents is 1. The highest BCUT2D eigenvalue weighted by Gasteiger charge is 2.25. The SMILES string of the molecule is CN(CC(=O)Oc1cc(F)ccc1[N+](=O)[O-])S(=O)(=O)c1ccc(C#N)cc1. The zero-order chi connectivity index (χ0) is 20.2. The van der Waals surface area contributed by atoms with Gasteiger partial charge in [0.2, 0.25) is 15.8 Å². The molecule has 0 bridgehead atoms. The van der Waals surface area contributed by atoms with E-state index in [1.165, 1.54) is 24.3 Å². The van der Waals surface area contributed by atoms with Crippen molar-refractivity contribution in [3.8, 4) is 11.8 Å². The van der Waals surface area contributed by atoms with Crippen molar-refractivity contribution in [3.63, 3.8) is 0 Å². The lowest BCUT2D eigenvalue weighted by atomic mass is 10.2. The molecule has 0 saturated heterocycles. The summed E-state index contributed by atoms with van der Waals surface area (Å²) in [5.74, 6) is -2.63. The van der Waals surface area contributed by atoms with Crippen LogP contribution in [0.15, 0.2) is 47.4 Å². The van der Waals surface area contributed by atoms with E-state index < -0.39 is 44.7 Å². The lowest BCUT2D eigenvalue weighted by molar-refractivity contribution is -0.385. The second kappa shape index (κ2) is 7.90. The predicted molar refractivity (Wildman–Crippen MR) is 89.7 cm³/mol. The van der Waals surface area contributed by atoms with Gasteiger partial charge in [0, 0.05) is 19.2 Å². The van der Waals surface area contributed by atoms with Crippen molar-refractivity contribution in [2.75, 3.05) is 13.6 Å². The molecular weight excluding hydrogens is 381 g/mol. The van der Waals surface area contributed by atoms with Crippen LogP contribution in [0.5, 0.6) is 5.75 Å². The molecule has 0 aliphatic rings. The molecule has 2 aromatic carbocycles. The van der Waals surface area contributed by atoms with Gasteiger partial charge in [-0.15, -0.1) is 0 Å². The van der Waals surface area contributed by atoms with Gasteiger partial charge in [0.05, 0.1) is 21.5 Å². The Morgan fingerprint density at radius 3 is 2.48 bits per heavy atom. The number of hydrogen-bond donors (Lipinski definition) is 0. The molecule has 11 heteroatoms. The van der Waals surface area contributed by atoms with Crippen LogP contribution in [0.4, 0.5) is 10.1 Å². The Labute approximate surface area is 153 Å². The number of rotatable bonds is 6. The monoisotopic (exact) mass is 393 g/mol. The van der Waals surface area contributed by atoms with E-state index in [1.807, 2.05) is 6.07 Å². The molecule has 0 spiro atoms. The van der Waals surface area contributed by atoms with E-state index in [4.69, 9.17) is 10.00 Å². The number of sulfonamides is 1. The quantitative estimate of drug-likeness (QED) is 0.317. The van der Waals surface area contributed by atoms with Crippen LogP contribution in [0.25, 0.3) is 0 Å². The van der Waals surface area contributed by atoms with E-state index in [0.717, 1.165) is 19.2 Å². The molecule has 0 N–H and O–H groups in total. The molecule has 0 aromatic heterocycles. The number of nitriles is 1. The Balaban J connectivity index is 2.16.